The Bertz CT molecular complexity index is 3550. The Hall–Kier alpha value is -8.14. The summed E-state index contributed by atoms with van der Waals surface area (Å²) >= 11 is 0. The Kier molecular flexibility index (Phi) is 8.17. The van der Waals surface area contributed by atoms with E-state index in [9.17, 15) is 0 Å². The standard InChI is InChI=1S/C58H37NO2/c1-4-15-38(16-5-1)39-27-32-44(33-28-39)59(52-25-14-24-50-47-22-12-13-26-53(47)60-57(50)52)45-34-29-40(30-35-45)43-31-36-48-51(37-43)46-21-10-11-23-49(46)58-55(48)54(41-17-6-2-7-18-41)56(61-58)42-19-8-3-9-20-42/h1-37H. The molecule has 0 saturated carbocycles. The van der Waals surface area contributed by atoms with Crippen LogP contribution in [0.4, 0.5) is 17.1 Å². The third-order valence-corrected chi connectivity index (χ3v) is 12.1. The van der Waals surface area contributed by atoms with Crippen LogP contribution >= 0.6 is 0 Å². The number of para-hydroxylation sites is 2. The minimum atomic E-state index is 0.858. The molecule has 3 heteroatoms. The minimum Gasteiger partial charge on any atom is -0.455 e. The quantitative estimate of drug-likeness (QED) is 0.151. The van der Waals surface area contributed by atoms with Crippen molar-refractivity contribution in [1.82, 2.24) is 0 Å². The van der Waals surface area contributed by atoms with Gasteiger partial charge in [0.05, 0.1) is 5.69 Å². The van der Waals surface area contributed by atoms with Gasteiger partial charge in [0.2, 0.25) is 0 Å². The van der Waals surface area contributed by atoms with Crippen LogP contribution in [0.5, 0.6) is 0 Å². The zero-order chi connectivity index (χ0) is 40.3. The summed E-state index contributed by atoms with van der Waals surface area (Å²) in [4.78, 5) is 2.31. The summed E-state index contributed by atoms with van der Waals surface area (Å²) in [5.74, 6) is 0.886. The lowest BCUT2D eigenvalue weighted by atomic mass is 9.91. The zero-order valence-electron chi connectivity index (χ0n) is 33.1. The summed E-state index contributed by atoms with van der Waals surface area (Å²) in [7, 11) is 0. The largest absolute Gasteiger partial charge is 0.455 e. The number of furan rings is 2. The molecule has 0 radical (unpaired) electrons. The van der Waals surface area contributed by atoms with E-state index in [1.165, 1.54) is 27.3 Å². The molecule has 0 bridgehead atoms. The monoisotopic (exact) mass is 779 g/mol. The van der Waals surface area contributed by atoms with E-state index in [1.54, 1.807) is 0 Å². The summed E-state index contributed by atoms with van der Waals surface area (Å²) in [5.41, 5.74) is 13.7. The van der Waals surface area contributed by atoms with Crippen LogP contribution < -0.4 is 4.90 Å². The maximum Gasteiger partial charge on any atom is 0.159 e. The molecule has 0 fully saturated rings. The molecule has 0 aliphatic rings. The molecule has 0 spiro atoms. The van der Waals surface area contributed by atoms with E-state index in [2.05, 4.69) is 217 Å². The van der Waals surface area contributed by atoms with Gasteiger partial charge in [-0.15, -0.1) is 0 Å². The number of rotatable bonds is 7. The first-order valence-corrected chi connectivity index (χ1v) is 20.7. The van der Waals surface area contributed by atoms with Gasteiger partial charge < -0.3 is 13.7 Å². The van der Waals surface area contributed by atoms with Crippen LogP contribution in [0, 0.1) is 0 Å². The van der Waals surface area contributed by atoms with Gasteiger partial charge in [-0.1, -0.05) is 182 Å². The van der Waals surface area contributed by atoms with Crippen molar-refractivity contribution in [3.63, 3.8) is 0 Å². The van der Waals surface area contributed by atoms with Gasteiger partial charge in [0.25, 0.3) is 0 Å². The Morgan fingerprint density at radius 3 is 1.49 bits per heavy atom. The third kappa shape index (κ3) is 5.82. The second kappa shape index (κ2) is 14.3. The molecular formula is C58H37NO2. The van der Waals surface area contributed by atoms with Gasteiger partial charge in [-0.25, -0.2) is 0 Å². The molecule has 0 amide bonds. The van der Waals surface area contributed by atoms with Crippen molar-refractivity contribution in [1.29, 1.82) is 0 Å². The van der Waals surface area contributed by atoms with Crippen LogP contribution in [-0.4, -0.2) is 0 Å². The molecule has 12 rings (SSSR count). The van der Waals surface area contributed by atoms with Gasteiger partial charge in [-0.05, 0) is 86.4 Å². The van der Waals surface area contributed by atoms with Crippen molar-refractivity contribution in [2.45, 2.75) is 0 Å². The normalized spacial score (nSPS) is 11.6. The summed E-state index contributed by atoms with van der Waals surface area (Å²) in [6, 6.07) is 79.6. The highest BCUT2D eigenvalue weighted by atomic mass is 16.3. The van der Waals surface area contributed by atoms with E-state index in [4.69, 9.17) is 8.83 Å². The van der Waals surface area contributed by atoms with Crippen molar-refractivity contribution in [2.75, 3.05) is 4.90 Å². The summed E-state index contributed by atoms with van der Waals surface area (Å²) in [6.07, 6.45) is 0. The topological polar surface area (TPSA) is 29.5 Å². The molecule has 61 heavy (non-hydrogen) atoms. The molecule has 0 aliphatic heterocycles. The summed E-state index contributed by atoms with van der Waals surface area (Å²) < 4.78 is 13.6. The predicted molar refractivity (Wildman–Crippen MR) is 255 cm³/mol. The van der Waals surface area contributed by atoms with E-state index < -0.39 is 0 Å². The lowest BCUT2D eigenvalue weighted by molar-refractivity contribution is 0.636. The predicted octanol–water partition coefficient (Wildman–Crippen LogP) is 16.8. The third-order valence-electron chi connectivity index (χ3n) is 12.1. The van der Waals surface area contributed by atoms with Crippen LogP contribution in [0.1, 0.15) is 0 Å². The van der Waals surface area contributed by atoms with Crippen molar-refractivity contribution in [3.8, 4) is 44.7 Å². The second-order valence-corrected chi connectivity index (χ2v) is 15.6. The molecule has 0 atom stereocenters. The number of hydrogen-bond acceptors (Lipinski definition) is 3. The number of anilines is 3. The van der Waals surface area contributed by atoms with Crippen molar-refractivity contribution in [2.24, 2.45) is 0 Å². The van der Waals surface area contributed by atoms with E-state index in [-0.39, 0.29) is 0 Å². The van der Waals surface area contributed by atoms with Gasteiger partial charge in [0, 0.05) is 44.0 Å². The van der Waals surface area contributed by atoms with E-state index >= 15 is 0 Å². The minimum absolute atomic E-state index is 0.858. The molecular weight excluding hydrogens is 743 g/mol. The average Bonchev–Trinajstić information content (AvgIpc) is 3.94. The maximum absolute atomic E-state index is 6.95. The Morgan fingerprint density at radius 1 is 0.295 bits per heavy atom. The van der Waals surface area contributed by atoms with Gasteiger partial charge >= 0.3 is 0 Å². The summed E-state index contributed by atoms with van der Waals surface area (Å²) in [6.45, 7) is 0. The SMILES string of the molecule is c1ccc(-c2ccc(N(c3ccc(-c4ccc5c(c4)c4ccccc4c4oc(-c6ccccc6)c(-c6ccccc6)c54)cc3)c3cccc4c3oc3ccccc34)cc2)cc1. The van der Waals surface area contributed by atoms with Crippen LogP contribution in [0.2, 0.25) is 0 Å². The molecule has 0 saturated heterocycles. The number of nitrogens with zero attached hydrogens (tertiary/aromatic N) is 1. The Balaban J connectivity index is 1.01. The highest BCUT2D eigenvalue weighted by Gasteiger charge is 2.24. The Labute approximate surface area is 353 Å². The van der Waals surface area contributed by atoms with Crippen molar-refractivity contribution >= 4 is 71.5 Å². The molecule has 0 aliphatic carbocycles. The zero-order valence-corrected chi connectivity index (χ0v) is 33.1. The second-order valence-electron chi connectivity index (χ2n) is 15.6. The van der Waals surface area contributed by atoms with Crippen LogP contribution in [0.3, 0.4) is 0 Å². The maximum atomic E-state index is 6.95. The van der Waals surface area contributed by atoms with Gasteiger partial charge in [-0.3, -0.25) is 0 Å². The molecule has 2 heterocycles. The van der Waals surface area contributed by atoms with Crippen LogP contribution in [0.15, 0.2) is 233 Å². The first-order chi connectivity index (χ1) is 30.3. The molecule has 2 aromatic heterocycles. The number of benzene rings is 10. The smallest absolute Gasteiger partial charge is 0.159 e. The highest BCUT2D eigenvalue weighted by Crippen LogP contribution is 2.48. The summed E-state index contributed by atoms with van der Waals surface area (Å²) in [5, 5.41) is 7.97. The average molecular weight is 780 g/mol. The molecule has 10 aromatic carbocycles. The fourth-order valence-corrected chi connectivity index (χ4v) is 9.20. The van der Waals surface area contributed by atoms with E-state index in [0.29, 0.717) is 0 Å². The lowest BCUT2D eigenvalue weighted by Crippen LogP contribution is -2.10. The first-order valence-electron chi connectivity index (χ1n) is 20.7. The fourth-order valence-electron chi connectivity index (χ4n) is 9.20. The van der Waals surface area contributed by atoms with E-state index in [0.717, 1.165) is 88.9 Å². The van der Waals surface area contributed by atoms with Gasteiger partial charge in [0.1, 0.15) is 16.9 Å². The van der Waals surface area contributed by atoms with Crippen LogP contribution in [0.25, 0.3) is 99.2 Å². The number of fused-ring (bicyclic) bond motifs is 9. The van der Waals surface area contributed by atoms with E-state index in [1.807, 2.05) is 12.1 Å². The van der Waals surface area contributed by atoms with Crippen LogP contribution in [-0.2, 0) is 0 Å². The lowest BCUT2D eigenvalue weighted by Gasteiger charge is -2.26. The molecule has 0 N–H and O–H groups in total. The number of hydrogen-bond donors (Lipinski definition) is 0. The Morgan fingerprint density at radius 2 is 0.803 bits per heavy atom. The van der Waals surface area contributed by atoms with Gasteiger partial charge in [0.15, 0.2) is 5.58 Å². The molecule has 3 nitrogen and oxygen atoms in total. The van der Waals surface area contributed by atoms with Gasteiger partial charge in [-0.2, -0.15) is 0 Å². The first kappa shape index (κ1) is 34.9. The molecule has 286 valence electrons. The van der Waals surface area contributed by atoms with Crippen molar-refractivity contribution in [3.05, 3.63) is 224 Å². The van der Waals surface area contributed by atoms with Crippen molar-refractivity contribution < 1.29 is 8.83 Å². The fraction of sp³-hybridized carbons (Fsp3) is 0. The highest BCUT2D eigenvalue weighted by molar-refractivity contribution is 6.29. The molecule has 12 aromatic rings. The molecule has 0 unspecified atom stereocenters.